The van der Waals surface area contributed by atoms with Gasteiger partial charge in [0.05, 0.1) is 25.2 Å². The summed E-state index contributed by atoms with van der Waals surface area (Å²) in [5.41, 5.74) is 0.632. The predicted molar refractivity (Wildman–Crippen MR) is 74.1 cm³/mol. The summed E-state index contributed by atoms with van der Waals surface area (Å²) in [5.74, 6) is 1.39. The van der Waals surface area contributed by atoms with Crippen LogP contribution in [0.15, 0.2) is 18.2 Å². The second kappa shape index (κ2) is 6.57. The van der Waals surface area contributed by atoms with Gasteiger partial charge in [-0.05, 0) is 31.2 Å². The van der Waals surface area contributed by atoms with Gasteiger partial charge in [-0.2, -0.15) is 0 Å². The van der Waals surface area contributed by atoms with Crippen molar-refractivity contribution in [3.05, 3.63) is 23.8 Å². The molecule has 0 unspecified atom stereocenters. The van der Waals surface area contributed by atoms with Crippen LogP contribution in [0.2, 0.25) is 0 Å². The Morgan fingerprint density at radius 1 is 1.47 bits per heavy atom. The van der Waals surface area contributed by atoms with Crippen LogP contribution in [-0.2, 0) is 0 Å². The molecular formula is C15H21NO3. The Morgan fingerprint density at radius 2 is 2.32 bits per heavy atom. The minimum Gasteiger partial charge on any atom is -0.497 e. The van der Waals surface area contributed by atoms with Crippen LogP contribution < -0.4 is 14.8 Å². The SMILES string of the molecule is CCCCNC[C@H]1COc2ccc(OC)cc2C1=O. The number of nitrogens with one attached hydrogen (secondary N) is 1. The van der Waals surface area contributed by atoms with Gasteiger partial charge in [0, 0.05) is 6.54 Å². The predicted octanol–water partition coefficient (Wildman–Crippen LogP) is 2.28. The summed E-state index contributed by atoms with van der Waals surface area (Å²) >= 11 is 0. The molecule has 2 rings (SSSR count). The molecule has 0 spiro atoms. The summed E-state index contributed by atoms with van der Waals surface area (Å²) in [5, 5.41) is 3.31. The number of ether oxygens (including phenoxy) is 2. The van der Waals surface area contributed by atoms with Crippen molar-refractivity contribution in [3.8, 4) is 11.5 Å². The molecule has 19 heavy (non-hydrogen) atoms. The maximum absolute atomic E-state index is 12.4. The number of unbranched alkanes of at least 4 members (excludes halogenated alkanes) is 1. The highest BCUT2D eigenvalue weighted by Crippen LogP contribution is 2.30. The van der Waals surface area contributed by atoms with Gasteiger partial charge >= 0.3 is 0 Å². The van der Waals surface area contributed by atoms with Crippen molar-refractivity contribution < 1.29 is 14.3 Å². The van der Waals surface area contributed by atoms with Crippen LogP contribution in [0.1, 0.15) is 30.1 Å². The third-order valence-corrected chi connectivity index (χ3v) is 3.36. The van der Waals surface area contributed by atoms with Gasteiger partial charge in [0.2, 0.25) is 0 Å². The molecule has 1 aliphatic rings. The fourth-order valence-electron chi connectivity index (χ4n) is 2.17. The molecule has 1 aliphatic heterocycles. The van der Waals surface area contributed by atoms with Crippen molar-refractivity contribution in [3.63, 3.8) is 0 Å². The molecule has 104 valence electrons. The van der Waals surface area contributed by atoms with Gasteiger partial charge in [0.15, 0.2) is 5.78 Å². The first-order valence-electron chi connectivity index (χ1n) is 6.82. The summed E-state index contributed by atoms with van der Waals surface area (Å²) in [7, 11) is 1.60. The van der Waals surface area contributed by atoms with Crippen LogP contribution in [-0.4, -0.2) is 32.6 Å². The number of carbonyl (C=O) groups excluding carboxylic acids is 1. The number of ketones is 1. The normalized spacial score (nSPS) is 17.8. The molecule has 4 nitrogen and oxygen atoms in total. The fraction of sp³-hybridized carbons (Fsp3) is 0.533. The Morgan fingerprint density at radius 3 is 3.05 bits per heavy atom. The number of hydrogen-bond acceptors (Lipinski definition) is 4. The molecule has 0 fully saturated rings. The highest BCUT2D eigenvalue weighted by atomic mass is 16.5. The van der Waals surface area contributed by atoms with Gasteiger partial charge in [0.25, 0.3) is 0 Å². The average molecular weight is 263 g/mol. The molecule has 0 radical (unpaired) electrons. The minimum absolute atomic E-state index is 0.100. The molecule has 0 aliphatic carbocycles. The van der Waals surface area contributed by atoms with Crippen LogP contribution in [0, 0.1) is 5.92 Å². The monoisotopic (exact) mass is 263 g/mol. The second-order valence-electron chi connectivity index (χ2n) is 4.79. The van der Waals surface area contributed by atoms with E-state index in [0.29, 0.717) is 30.2 Å². The standard InChI is InChI=1S/C15H21NO3/c1-3-4-7-16-9-11-10-19-14-6-5-12(18-2)8-13(14)15(11)17/h5-6,8,11,16H,3-4,7,9-10H2,1-2H3/t11-/m0/s1. The number of methoxy groups -OCH3 is 1. The molecule has 0 saturated heterocycles. The smallest absolute Gasteiger partial charge is 0.174 e. The molecule has 1 aromatic carbocycles. The molecule has 1 N–H and O–H groups in total. The third kappa shape index (κ3) is 3.26. The Labute approximate surface area is 114 Å². The first kappa shape index (κ1) is 13.9. The van der Waals surface area contributed by atoms with Crippen LogP contribution in [0.3, 0.4) is 0 Å². The Balaban J connectivity index is 2.01. The van der Waals surface area contributed by atoms with Crippen molar-refractivity contribution in [1.82, 2.24) is 5.32 Å². The topological polar surface area (TPSA) is 47.6 Å². The minimum atomic E-state index is -0.100. The highest BCUT2D eigenvalue weighted by Gasteiger charge is 2.28. The van der Waals surface area contributed by atoms with Crippen LogP contribution >= 0.6 is 0 Å². The first-order valence-corrected chi connectivity index (χ1v) is 6.82. The molecular weight excluding hydrogens is 242 g/mol. The Hall–Kier alpha value is -1.55. The maximum atomic E-state index is 12.4. The first-order chi connectivity index (χ1) is 9.26. The van der Waals surface area contributed by atoms with E-state index in [2.05, 4.69) is 12.2 Å². The zero-order valence-corrected chi connectivity index (χ0v) is 11.6. The van der Waals surface area contributed by atoms with Crippen LogP contribution in [0.4, 0.5) is 0 Å². The zero-order valence-electron chi connectivity index (χ0n) is 11.6. The largest absolute Gasteiger partial charge is 0.497 e. The number of rotatable bonds is 6. The molecule has 0 saturated carbocycles. The molecule has 0 aromatic heterocycles. The lowest BCUT2D eigenvalue weighted by Crippen LogP contribution is -2.36. The van der Waals surface area contributed by atoms with E-state index in [4.69, 9.17) is 9.47 Å². The van der Waals surface area contributed by atoms with Crippen molar-refractivity contribution in [2.75, 3.05) is 26.8 Å². The van der Waals surface area contributed by atoms with E-state index in [-0.39, 0.29) is 11.7 Å². The van der Waals surface area contributed by atoms with Crippen molar-refractivity contribution in [2.45, 2.75) is 19.8 Å². The van der Waals surface area contributed by atoms with E-state index in [1.807, 2.05) is 6.07 Å². The quantitative estimate of drug-likeness (QED) is 0.800. The molecule has 4 heteroatoms. The lowest BCUT2D eigenvalue weighted by Gasteiger charge is -2.24. The van der Waals surface area contributed by atoms with Crippen molar-refractivity contribution in [2.24, 2.45) is 5.92 Å². The van der Waals surface area contributed by atoms with Gasteiger partial charge in [-0.3, -0.25) is 4.79 Å². The second-order valence-corrected chi connectivity index (χ2v) is 4.79. The van der Waals surface area contributed by atoms with Gasteiger partial charge in [-0.25, -0.2) is 0 Å². The van der Waals surface area contributed by atoms with Gasteiger partial charge < -0.3 is 14.8 Å². The van der Waals surface area contributed by atoms with Crippen LogP contribution in [0.5, 0.6) is 11.5 Å². The molecule has 0 bridgehead atoms. The average Bonchev–Trinajstić information content (AvgIpc) is 2.45. The van der Waals surface area contributed by atoms with E-state index in [0.717, 1.165) is 19.4 Å². The Bertz CT molecular complexity index is 445. The summed E-state index contributed by atoms with van der Waals surface area (Å²) in [6.07, 6.45) is 2.29. The summed E-state index contributed by atoms with van der Waals surface area (Å²) < 4.78 is 10.8. The van der Waals surface area contributed by atoms with Gasteiger partial charge in [-0.1, -0.05) is 13.3 Å². The van der Waals surface area contributed by atoms with Crippen molar-refractivity contribution in [1.29, 1.82) is 0 Å². The van der Waals surface area contributed by atoms with E-state index >= 15 is 0 Å². The van der Waals surface area contributed by atoms with Crippen molar-refractivity contribution >= 4 is 5.78 Å². The molecule has 1 heterocycles. The molecule has 1 aromatic rings. The van der Waals surface area contributed by atoms with E-state index in [1.165, 1.54) is 0 Å². The lowest BCUT2D eigenvalue weighted by molar-refractivity contribution is 0.0829. The third-order valence-electron chi connectivity index (χ3n) is 3.36. The van der Waals surface area contributed by atoms with Crippen LogP contribution in [0.25, 0.3) is 0 Å². The number of Topliss-reactive ketones (excluding diaryl/α,β-unsaturated/α-hetero) is 1. The number of hydrogen-bond donors (Lipinski definition) is 1. The number of benzene rings is 1. The zero-order chi connectivity index (χ0) is 13.7. The fourth-order valence-corrected chi connectivity index (χ4v) is 2.17. The number of carbonyl (C=O) groups is 1. The summed E-state index contributed by atoms with van der Waals surface area (Å²) in [4.78, 5) is 12.4. The Kier molecular flexibility index (Phi) is 4.80. The van der Waals surface area contributed by atoms with Gasteiger partial charge in [-0.15, -0.1) is 0 Å². The number of fused-ring (bicyclic) bond motifs is 1. The molecule has 1 atom stereocenters. The highest BCUT2D eigenvalue weighted by molar-refractivity contribution is 6.01. The summed E-state index contributed by atoms with van der Waals surface area (Å²) in [6.45, 7) is 4.23. The summed E-state index contributed by atoms with van der Waals surface area (Å²) in [6, 6.07) is 5.37. The van der Waals surface area contributed by atoms with Gasteiger partial charge in [0.1, 0.15) is 11.5 Å². The molecule has 0 amide bonds. The lowest BCUT2D eigenvalue weighted by atomic mass is 9.95. The van der Waals surface area contributed by atoms with E-state index in [9.17, 15) is 4.79 Å². The van der Waals surface area contributed by atoms with E-state index in [1.54, 1.807) is 19.2 Å². The maximum Gasteiger partial charge on any atom is 0.174 e. The van der Waals surface area contributed by atoms with E-state index < -0.39 is 0 Å².